The number of aliphatic hydroxyl groups excluding tert-OH is 1. The third kappa shape index (κ3) is 2.14. The maximum Gasteiger partial charge on any atom is 0.248 e. The van der Waals surface area contributed by atoms with Crippen molar-refractivity contribution in [2.45, 2.75) is 6.61 Å². The van der Waals surface area contributed by atoms with Gasteiger partial charge in [-0.25, -0.2) is 0 Å². The van der Waals surface area contributed by atoms with Crippen molar-refractivity contribution in [1.82, 2.24) is 4.98 Å². The standard InChI is InChI=1S/C12H11NO2/c14-8-9-3-1-4-10(7-9)11-5-2-6-12(15)13-11/h1-7,14H,8H2,(H,13,15). The van der Waals surface area contributed by atoms with E-state index < -0.39 is 0 Å². The number of aliphatic hydroxyl groups is 1. The van der Waals surface area contributed by atoms with Crippen LogP contribution in [0.4, 0.5) is 0 Å². The van der Waals surface area contributed by atoms with Crippen LogP contribution in [-0.4, -0.2) is 10.1 Å². The number of nitrogens with one attached hydrogen (secondary N) is 1. The number of aromatic nitrogens is 1. The molecule has 0 amide bonds. The van der Waals surface area contributed by atoms with Gasteiger partial charge in [0.2, 0.25) is 5.56 Å². The minimum absolute atomic E-state index is 0.00487. The molecule has 3 nitrogen and oxygen atoms in total. The molecule has 1 aromatic carbocycles. The smallest absolute Gasteiger partial charge is 0.248 e. The van der Waals surface area contributed by atoms with E-state index >= 15 is 0 Å². The molecule has 2 N–H and O–H groups in total. The van der Waals surface area contributed by atoms with Gasteiger partial charge >= 0.3 is 0 Å². The Morgan fingerprint density at radius 1 is 1.13 bits per heavy atom. The van der Waals surface area contributed by atoms with E-state index in [0.717, 1.165) is 16.8 Å². The van der Waals surface area contributed by atoms with Crippen LogP contribution in [0.3, 0.4) is 0 Å². The van der Waals surface area contributed by atoms with E-state index in [4.69, 9.17) is 5.11 Å². The highest BCUT2D eigenvalue weighted by Crippen LogP contribution is 2.16. The average molecular weight is 201 g/mol. The topological polar surface area (TPSA) is 53.1 Å². The largest absolute Gasteiger partial charge is 0.392 e. The predicted molar refractivity (Wildman–Crippen MR) is 58.4 cm³/mol. The van der Waals surface area contributed by atoms with Crippen LogP contribution >= 0.6 is 0 Å². The first kappa shape index (κ1) is 9.68. The quantitative estimate of drug-likeness (QED) is 0.774. The van der Waals surface area contributed by atoms with E-state index in [1.54, 1.807) is 6.07 Å². The van der Waals surface area contributed by atoms with E-state index in [1.807, 2.05) is 30.3 Å². The molecular weight excluding hydrogens is 190 g/mol. The molecule has 0 aliphatic heterocycles. The summed E-state index contributed by atoms with van der Waals surface area (Å²) in [5, 5.41) is 8.99. The molecule has 0 bridgehead atoms. The lowest BCUT2D eigenvalue weighted by Crippen LogP contribution is -2.03. The zero-order valence-electron chi connectivity index (χ0n) is 8.10. The molecule has 0 saturated carbocycles. The van der Waals surface area contributed by atoms with Gasteiger partial charge in [-0.2, -0.15) is 0 Å². The van der Waals surface area contributed by atoms with Crippen LogP contribution in [-0.2, 0) is 6.61 Å². The first-order chi connectivity index (χ1) is 7.29. The number of aromatic amines is 1. The van der Waals surface area contributed by atoms with Gasteiger partial charge in [0.1, 0.15) is 0 Å². The highest BCUT2D eigenvalue weighted by atomic mass is 16.3. The lowest BCUT2D eigenvalue weighted by atomic mass is 10.1. The summed E-state index contributed by atoms with van der Waals surface area (Å²) in [5.74, 6) is 0. The summed E-state index contributed by atoms with van der Waals surface area (Å²) in [7, 11) is 0. The van der Waals surface area contributed by atoms with Crippen LogP contribution in [0.15, 0.2) is 47.3 Å². The predicted octanol–water partition coefficient (Wildman–Crippen LogP) is 1.53. The molecule has 1 aromatic heterocycles. The Kier molecular flexibility index (Phi) is 2.65. The van der Waals surface area contributed by atoms with Crippen molar-refractivity contribution in [3.8, 4) is 11.3 Å². The van der Waals surface area contributed by atoms with E-state index in [-0.39, 0.29) is 12.2 Å². The van der Waals surface area contributed by atoms with Crippen LogP contribution in [0, 0.1) is 0 Å². The van der Waals surface area contributed by atoms with Crippen molar-refractivity contribution in [3.05, 3.63) is 58.4 Å². The van der Waals surface area contributed by atoms with Crippen LogP contribution in [0.25, 0.3) is 11.3 Å². The molecule has 0 unspecified atom stereocenters. The van der Waals surface area contributed by atoms with E-state index in [0.29, 0.717) is 0 Å². The molecular formula is C12H11NO2. The van der Waals surface area contributed by atoms with Crippen LogP contribution in [0.2, 0.25) is 0 Å². The van der Waals surface area contributed by atoms with Crippen molar-refractivity contribution < 1.29 is 5.11 Å². The van der Waals surface area contributed by atoms with Crippen molar-refractivity contribution in [2.75, 3.05) is 0 Å². The number of rotatable bonds is 2. The fourth-order valence-corrected chi connectivity index (χ4v) is 1.45. The summed E-state index contributed by atoms with van der Waals surface area (Å²) in [6.07, 6.45) is 0. The van der Waals surface area contributed by atoms with E-state index in [9.17, 15) is 4.79 Å². The van der Waals surface area contributed by atoms with Gasteiger partial charge in [-0.05, 0) is 23.3 Å². The van der Waals surface area contributed by atoms with E-state index in [1.165, 1.54) is 6.07 Å². The first-order valence-corrected chi connectivity index (χ1v) is 4.69. The lowest BCUT2D eigenvalue weighted by Gasteiger charge is -2.02. The molecule has 0 fully saturated rings. The Hall–Kier alpha value is -1.87. The molecule has 0 atom stereocenters. The highest BCUT2D eigenvalue weighted by molar-refractivity contribution is 5.59. The van der Waals surface area contributed by atoms with Gasteiger partial charge in [0, 0.05) is 11.8 Å². The summed E-state index contributed by atoms with van der Waals surface area (Å²) >= 11 is 0. The normalized spacial score (nSPS) is 10.2. The fraction of sp³-hybridized carbons (Fsp3) is 0.0833. The second-order valence-electron chi connectivity index (χ2n) is 3.29. The molecule has 76 valence electrons. The van der Waals surface area contributed by atoms with E-state index in [2.05, 4.69) is 4.98 Å². The number of hydrogen-bond donors (Lipinski definition) is 2. The molecule has 0 saturated heterocycles. The first-order valence-electron chi connectivity index (χ1n) is 4.69. The zero-order chi connectivity index (χ0) is 10.7. The molecule has 3 heteroatoms. The minimum Gasteiger partial charge on any atom is -0.392 e. The SMILES string of the molecule is O=c1cccc(-c2cccc(CO)c2)[nH]1. The van der Waals surface area contributed by atoms with Crippen LogP contribution in [0.1, 0.15) is 5.56 Å². The van der Waals surface area contributed by atoms with Gasteiger partial charge < -0.3 is 10.1 Å². The second kappa shape index (κ2) is 4.11. The molecule has 15 heavy (non-hydrogen) atoms. The number of benzene rings is 1. The van der Waals surface area contributed by atoms with Crippen molar-refractivity contribution in [1.29, 1.82) is 0 Å². The average Bonchev–Trinajstić information content (AvgIpc) is 2.29. The van der Waals surface area contributed by atoms with Gasteiger partial charge in [0.05, 0.1) is 6.61 Å². The van der Waals surface area contributed by atoms with Crippen molar-refractivity contribution >= 4 is 0 Å². The monoisotopic (exact) mass is 201 g/mol. The third-order valence-electron chi connectivity index (χ3n) is 2.19. The van der Waals surface area contributed by atoms with Crippen LogP contribution in [0.5, 0.6) is 0 Å². The Labute approximate surface area is 87.0 Å². The molecule has 0 radical (unpaired) electrons. The molecule has 0 aliphatic rings. The Bertz CT molecular complexity index is 517. The Balaban J connectivity index is 2.49. The van der Waals surface area contributed by atoms with Crippen molar-refractivity contribution in [3.63, 3.8) is 0 Å². The summed E-state index contributed by atoms with van der Waals surface area (Å²) in [6, 6.07) is 12.4. The van der Waals surface area contributed by atoms with Gasteiger partial charge in [-0.15, -0.1) is 0 Å². The molecule has 0 aliphatic carbocycles. The maximum absolute atomic E-state index is 11.1. The summed E-state index contributed by atoms with van der Waals surface area (Å²) in [5.41, 5.74) is 2.37. The maximum atomic E-state index is 11.1. The van der Waals surface area contributed by atoms with Gasteiger partial charge in [-0.3, -0.25) is 4.79 Å². The van der Waals surface area contributed by atoms with Gasteiger partial charge in [-0.1, -0.05) is 24.3 Å². The fourth-order valence-electron chi connectivity index (χ4n) is 1.45. The van der Waals surface area contributed by atoms with Gasteiger partial charge in [0.25, 0.3) is 0 Å². The van der Waals surface area contributed by atoms with Crippen molar-refractivity contribution in [2.24, 2.45) is 0 Å². The molecule has 2 rings (SSSR count). The highest BCUT2D eigenvalue weighted by Gasteiger charge is 1.98. The zero-order valence-corrected chi connectivity index (χ0v) is 8.10. The molecule has 2 aromatic rings. The Morgan fingerprint density at radius 2 is 1.93 bits per heavy atom. The molecule has 0 spiro atoms. The lowest BCUT2D eigenvalue weighted by molar-refractivity contribution is 0.282. The summed E-state index contributed by atoms with van der Waals surface area (Å²) in [6.45, 7) is 0.00487. The number of hydrogen-bond acceptors (Lipinski definition) is 2. The Morgan fingerprint density at radius 3 is 2.67 bits per heavy atom. The molecule has 1 heterocycles. The summed E-state index contributed by atoms with van der Waals surface area (Å²) in [4.78, 5) is 13.9. The van der Waals surface area contributed by atoms with Gasteiger partial charge in [0.15, 0.2) is 0 Å². The second-order valence-corrected chi connectivity index (χ2v) is 3.29. The third-order valence-corrected chi connectivity index (χ3v) is 2.19. The number of H-pyrrole nitrogens is 1. The number of pyridine rings is 1. The van der Waals surface area contributed by atoms with Crippen LogP contribution < -0.4 is 5.56 Å². The summed E-state index contributed by atoms with van der Waals surface area (Å²) < 4.78 is 0. The minimum atomic E-state index is -0.123.